The van der Waals surface area contributed by atoms with E-state index in [1.54, 1.807) is 29.5 Å². The lowest BCUT2D eigenvalue weighted by Crippen LogP contribution is -2.52. The maximum Gasteiger partial charge on any atom is 0.287 e. The van der Waals surface area contributed by atoms with Crippen LogP contribution in [0.25, 0.3) is 0 Å². The van der Waals surface area contributed by atoms with Gasteiger partial charge in [0.15, 0.2) is 5.76 Å². The smallest absolute Gasteiger partial charge is 0.287 e. The lowest BCUT2D eigenvalue weighted by atomic mass is 10.3. The first-order valence-corrected chi connectivity index (χ1v) is 10.8. The molecule has 1 aliphatic heterocycles. The molecule has 0 aromatic carbocycles. The molecular weight excluding hydrogens is 398 g/mol. The standard InChI is InChI=1S/C18H25N5O5S/c1-4-23-14(3)17(13(2)20-23)29(26,27)22-9-7-21(8-10-22)16(24)12-19-18(25)15-6-5-11-28-15/h5-6,11H,4,7-10,12H2,1-3H3,(H,19,25). The number of nitrogens with one attached hydrogen (secondary N) is 1. The molecule has 2 aromatic heterocycles. The van der Waals surface area contributed by atoms with E-state index in [1.807, 2.05) is 6.92 Å². The lowest BCUT2D eigenvalue weighted by Gasteiger charge is -2.34. The van der Waals surface area contributed by atoms with Crippen molar-refractivity contribution >= 4 is 21.8 Å². The number of amides is 2. The van der Waals surface area contributed by atoms with Crippen molar-refractivity contribution in [2.75, 3.05) is 32.7 Å². The van der Waals surface area contributed by atoms with Gasteiger partial charge in [0.25, 0.3) is 5.91 Å². The fourth-order valence-electron chi connectivity index (χ4n) is 3.43. The molecule has 0 spiro atoms. The van der Waals surface area contributed by atoms with E-state index in [9.17, 15) is 18.0 Å². The number of furan rings is 1. The molecule has 2 aromatic rings. The molecule has 11 heteroatoms. The number of piperazine rings is 1. The number of carbonyl (C=O) groups excluding carboxylic acids is 2. The van der Waals surface area contributed by atoms with Crippen molar-refractivity contribution in [2.45, 2.75) is 32.2 Å². The Morgan fingerprint density at radius 3 is 2.45 bits per heavy atom. The minimum atomic E-state index is -3.69. The average molecular weight is 423 g/mol. The van der Waals surface area contributed by atoms with E-state index in [0.717, 1.165) is 0 Å². The number of aromatic nitrogens is 2. The van der Waals surface area contributed by atoms with Gasteiger partial charge in [-0.25, -0.2) is 8.42 Å². The minimum Gasteiger partial charge on any atom is -0.459 e. The molecule has 1 aliphatic rings. The predicted octanol–water partition coefficient (Wildman–Crippen LogP) is 0.376. The summed E-state index contributed by atoms with van der Waals surface area (Å²) in [6.07, 6.45) is 1.38. The summed E-state index contributed by atoms with van der Waals surface area (Å²) in [5, 5.41) is 6.80. The second kappa shape index (κ2) is 8.37. The number of nitrogens with zero attached hydrogens (tertiary/aromatic N) is 4. The topological polar surface area (TPSA) is 118 Å². The summed E-state index contributed by atoms with van der Waals surface area (Å²) in [7, 11) is -3.69. The summed E-state index contributed by atoms with van der Waals surface area (Å²) in [6, 6.07) is 3.10. The highest BCUT2D eigenvalue weighted by molar-refractivity contribution is 7.89. The van der Waals surface area contributed by atoms with Crippen LogP contribution in [0.1, 0.15) is 28.9 Å². The fraction of sp³-hybridized carbons (Fsp3) is 0.500. The minimum absolute atomic E-state index is 0.132. The third-order valence-electron chi connectivity index (χ3n) is 4.95. The van der Waals surface area contributed by atoms with Crippen LogP contribution in [-0.2, 0) is 21.4 Å². The molecule has 3 rings (SSSR count). The van der Waals surface area contributed by atoms with Crippen molar-refractivity contribution in [2.24, 2.45) is 0 Å². The Morgan fingerprint density at radius 2 is 1.90 bits per heavy atom. The van der Waals surface area contributed by atoms with E-state index in [4.69, 9.17) is 4.42 Å². The first kappa shape index (κ1) is 21.1. The van der Waals surface area contributed by atoms with E-state index in [1.165, 1.54) is 16.6 Å². The van der Waals surface area contributed by atoms with Gasteiger partial charge in [-0.2, -0.15) is 9.40 Å². The fourth-order valence-corrected chi connectivity index (χ4v) is 5.23. The average Bonchev–Trinajstić information content (AvgIpc) is 3.34. The molecule has 10 nitrogen and oxygen atoms in total. The summed E-state index contributed by atoms with van der Waals surface area (Å²) < 4.78 is 34.2. The molecule has 3 heterocycles. The second-order valence-corrected chi connectivity index (χ2v) is 8.64. The summed E-state index contributed by atoms with van der Waals surface area (Å²) in [5.74, 6) is -0.608. The van der Waals surface area contributed by atoms with Gasteiger partial charge in [0.05, 0.1) is 24.2 Å². The van der Waals surface area contributed by atoms with Crippen molar-refractivity contribution in [3.63, 3.8) is 0 Å². The van der Waals surface area contributed by atoms with Crippen molar-refractivity contribution in [1.29, 1.82) is 0 Å². The molecule has 29 heavy (non-hydrogen) atoms. The normalized spacial score (nSPS) is 15.5. The van der Waals surface area contributed by atoms with Crippen LogP contribution in [-0.4, -0.2) is 71.9 Å². The molecule has 0 aliphatic carbocycles. The number of hydrogen-bond acceptors (Lipinski definition) is 6. The van der Waals surface area contributed by atoms with Gasteiger partial charge >= 0.3 is 0 Å². The van der Waals surface area contributed by atoms with Crippen LogP contribution < -0.4 is 5.32 Å². The number of hydrogen-bond donors (Lipinski definition) is 1. The van der Waals surface area contributed by atoms with Crippen molar-refractivity contribution in [3.8, 4) is 0 Å². The Kier molecular flexibility index (Phi) is 6.08. The molecule has 0 bridgehead atoms. The maximum absolute atomic E-state index is 13.1. The van der Waals surface area contributed by atoms with Crippen molar-refractivity contribution in [3.05, 3.63) is 35.5 Å². The molecule has 2 amide bonds. The van der Waals surface area contributed by atoms with E-state index in [0.29, 0.717) is 17.9 Å². The SMILES string of the molecule is CCn1nc(C)c(S(=O)(=O)N2CCN(C(=O)CNC(=O)c3ccco3)CC2)c1C. The van der Waals surface area contributed by atoms with Gasteiger partial charge in [-0.05, 0) is 32.9 Å². The van der Waals surface area contributed by atoms with Crippen LogP contribution in [0.4, 0.5) is 0 Å². The third kappa shape index (κ3) is 4.20. The highest BCUT2D eigenvalue weighted by Crippen LogP contribution is 2.24. The van der Waals surface area contributed by atoms with Crippen LogP contribution in [0.2, 0.25) is 0 Å². The van der Waals surface area contributed by atoms with E-state index < -0.39 is 15.9 Å². The first-order valence-electron chi connectivity index (χ1n) is 9.39. The van der Waals surface area contributed by atoms with Crippen LogP contribution in [0.15, 0.2) is 27.7 Å². The molecular formula is C18H25N5O5S. The van der Waals surface area contributed by atoms with Gasteiger partial charge in [-0.15, -0.1) is 0 Å². The zero-order valence-electron chi connectivity index (χ0n) is 16.7. The number of carbonyl (C=O) groups is 2. The number of rotatable bonds is 6. The largest absolute Gasteiger partial charge is 0.459 e. The lowest BCUT2D eigenvalue weighted by molar-refractivity contribution is -0.131. The summed E-state index contributed by atoms with van der Waals surface area (Å²) in [6.45, 7) is 6.66. The Hall–Kier alpha value is -2.66. The van der Waals surface area contributed by atoms with Crippen LogP contribution in [0, 0.1) is 13.8 Å². The quantitative estimate of drug-likeness (QED) is 0.718. The summed E-state index contributed by atoms with van der Waals surface area (Å²) >= 11 is 0. The Balaban J connectivity index is 1.59. The molecule has 0 atom stereocenters. The summed E-state index contributed by atoms with van der Waals surface area (Å²) in [5.41, 5.74) is 1.09. The van der Waals surface area contributed by atoms with Gasteiger partial charge in [0, 0.05) is 32.7 Å². The maximum atomic E-state index is 13.1. The molecule has 0 unspecified atom stereocenters. The highest BCUT2D eigenvalue weighted by atomic mass is 32.2. The number of sulfonamides is 1. The van der Waals surface area contributed by atoms with Crippen LogP contribution in [0.3, 0.4) is 0 Å². The molecule has 158 valence electrons. The predicted molar refractivity (Wildman–Crippen MR) is 104 cm³/mol. The van der Waals surface area contributed by atoms with Crippen LogP contribution >= 0.6 is 0 Å². The molecule has 0 saturated carbocycles. The van der Waals surface area contributed by atoms with Gasteiger partial charge < -0.3 is 14.6 Å². The van der Waals surface area contributed by atoms with Gasteiger partial charge in [0.1, 0.15) is 4.90 Å². The summed E-state index contributed by atoms with van der Waals surface area (Å²) in [4.78, 5) is 26.0. The second-order valence-electron chi connectivity index (χ2n) is 6.76. The van der Waals surface area contributed by atoms with E-state index >= 15 is 0 Å². The van der Waals surface area contributed by atoms with Crippen LogP contribution in [0.5, 0.6) is 0 Å². The molecule has 1 N–H and O–H groups in total. The zero-order valence-corrected chi connectivity index (χ0v) is 17.5. The van der Waals surface area contributed by atoms with Gasteiger partial charge in [-0.3, -0.25) is 14.3 Å². The first-order chi connectivity index (χ1) is 13.8. The Morgan fingerprint density at radius 1 is 1.21 bits per heavy atom. The Bertz CT molecular complexity index is 988. The molecule has 0 radical (unpaired) electrons. The number of aryl methyl sites for hydroxylation is 2. The monoisotopic (exact) mass is 423 g/mol. The highest BCUT2D eigenvalue weighted by Gasteiger charge is 2.34. The van der Waals surface area contributed by atoms with E-state index in [2.05, 4.69) is 10.4 Å². The van der Waals surface area contributed by atoms with Crippen molar-refractivity contribution in [1.82, 2.24) is 24.3 Å². The Labute approximate surface area is 169 Å². The third-order valence-corrected chi connectivity index (χ3v) is 7.10. The molecule has 1 saturated heterocycles. The van der Waals surface area contributed by atoms with E-state index in [-0.39, 0.29) is 49.3 Å². The molecule has 1 fully saturated rings. The van der Waals surface area contributed by atoms with Gasteiger partial charge in [0.2, 0.25) is 15.9 Å². The van der Waals surface area contributed by atoms with Crippen molar-refractivity contribution < 1.29 is 22.4 Å². The zero-order chi connectivity index (χ0) is 21.2. The van der Waals surface area contributed by atoms with Gasteiger partial charge in [-0.1, -0.05) is 0 Å².